The summed E-state index contributed by atoms with van der Waals surface area (Å²) in [7, 11) is 0. The maximum Gasteiger partial charge on any atom is 0.0991 e. The Bertz CT molecular complexity index is 193. The van der Waals surface area contributed by atoms with E-state index in [4.69, 9.17) is 3.83 Å². The Kier molecular flexibility index (Phi) is 2.90. The van der Waals surface area contributed by atoms with Gasteiger partial charge in [0, 0.05) is 0 Å². The molecule has 0 aromatic heterocycles. The van der Waals surface area contributed by atoms with Crippen molar-refractivity contribution in [2.45, 2.75) is 13.5 Å². The minimum atomic E-state index is 0.625. The second-order valence-corrected chi connectivity index (χ2v) is 2.70. The number of rotatable bonds is 2. The topological polar surface area (TPSA) is 9.23 Å². The lowest BCUT2D eigenvalue weighted by atomic mass is 10.2. The second kappa shape index (κ2) is 3.74. The first-order valence-corrected chi connectivity index (χ1v) is 3.77. The predicted octanol–water partition coefficient (Wildman–Crippen LogP) is 2.82. The van der Waals surface area contributed by atoms with Crippen LogP contribution in [0, 0.1) is 6.92 Å². The van der Waals surface area contributed by atoms with Gasteiger partial charge in [-0.05, 0) is 12.5 Å². The molecule has 10 heavy (non-hydrogen) atoms. The average molecular weight is 201 g/mol. The molecule has 2 heteroatoms. The highest BCUT2D eigenvalue weighted by atomic mass is 79.9. The number of hydrogen-bond acceptors (Lipinski definition) is 1. The van der Waals surface area contributed by atoms with Gasteiger partial charge in [-0.15, -0.1) is 0 Å². The zero-order chi connectivity index (χ0) is 7.40. The Hall–Kier alpha value is -0.340. The lowest BCUT2D eigenvalue weighted by Crippen LogP contribution is -1.82. The quantitative estimate of drug-likeness (QED) is 0.714. The van der Waals surface area contributed by atoms with Gasteiger partial charge in [0.15, 0.2) is 0 Å². The van der Waals surface area contributed by atoms with Gasteiger partial charge in [-0.3, -0.25) is 0 Å². The molecule has 0 atom stereocenters. The summed E-state index contributed by atoms with van der Waals surface area (Å²) < 4.78 is 4.78. The molecule has 0 saturated carbocycles. The number of aryl methyl sites for hydroxylation is 1. The molecule has 1 rings (SSSR count). The lowest BCUT2D eigenvalue weighted by molar-refractivity contribution is 0.387. The zero-order valence-corrected chi connectivity index (χ0v) is 7.39. The monoisotopic (exact) mass is 200 g/mol. The van der Waals surface area contributed by atoms with Crippen LogP contribution in [-0.4, -0.2) is 0 Å². The van der Waals surface area contributed by atoms with Gasteiger partial charge in [-0.2, -0.15) is 0 Å². The standard InChI is InChI=1S/C8H9BrO/c1-7-2-4-8(5-3-7)6-10-9/h2-5H,6H2,1H3. The Morgan fingerprint density at radius 2 is 1.90 bits per heavy atom. The maximum absolute atomic E-state index is 4.78. The fourth-order valence-corrected chi connectivity index (χ4v) is 1.01. The minimum Gasteiger partial charge on any atom is -0.303 e. The van der Waals surface area contributed by atoms with Gasteiger partial charge >= 0.3 is 0 Å². The average Bonchev–Trinajstić information content (AvgIpc) is 1.95. The molecular formula is C8H9BrO. The third kappa shape index (κ3) is 2.12. The third-order valence-corrected chi connectivity index (χ3v) is 1.57. The molecule has 0 fully saturated rings. The van der Waals surface area contributed by atoms with E-state index >= 15 is 0 Å². The molecule has 0 aliphatic rings. The maximum atomic E-state index is 4.78. The Labute approximate surface area is 69.5 Å². The minimum absolute atomic E-state index is 0.625. The largest absolute Gasteiger partial charge is 0.303 e. The van der Waals surface area contributed by atoms with Crippen molar-refractivity contribution in [1.29, 1.82) is 0 Å². The van der Waals surface area contributed by atoms with Crippen LogP contribution in [0.1, 0.15) is 11.1 Å². The van der Waals surface area contributed by atoms with E-state index in [1.807, 2.05) is 0 Å². The number of halogens is 1. The van der Waals surface area contributed by atoms with Crippen LogP contribution in [0.25, 0.3) is 0 Å². The predicted molar refractivity (Wildman–Crippen MR) is 44.9 cm³/mol. The molecule has 1 aromatic rings. The van der Waals surface area contributed by atoms with Crippen molar-refractivity contribution < 1.29 is 3.83 Å². The molecule has 0 unspecified atom stereocenters. The van der Waals surface area contributed by atoms with Crippen LogP contribution in [0.2, 0.25) is 0 Å². The van der Waals surface area contributed by atoms with Gasteiger partial charge in [0.05, 0.1) is 22.9 Å². The highest BCUT2D eigenvalue weighted by molar-refractivity contribution is 9.06. The van der Waals surface area contributed by atoms with Crippen LogP contribution < -0.4 is 0 Å². The molecule has 0 radical (unpaired) electrons. The molecule has 54 valence electrons. The lowest BCUT2D eigenvalue weighted by Gasteiger charge is -1.96. The van der Waals surface area contributed by atoms with Crippen molar-refractivity contribution in [3.63, 3.8) is 0 Å². The van der Waals surface area contributed by atoms with E-state index < -0.39 is 0 Å². The molecule has 0 bridgehead atoms. The molecule has 0 aliphatic heterocycles. The summed E-state index contributed by atoms with van der Waals surface area (Å²) in [6.07, 6.45) is 0. The summed E-state index contributed by atoms with van der Waals surface area (Å²) in [5, 5.41) is 0. The van der Waals surface area contributed by atoms with E-state index in [1.54, 1.807) is 0 Å². The van der Waals surface area contributed by atoms with E-state index in [0.717, 1.165) is 0 Å². The van der Waals surface area contributed by atoms with Crippen molar-refractivity contribution >= 4 is 16.3 Å². The summed E-state index contributed by atoms with van der Waals surface area (Å²) in [6, 6.07) is 8.25. The third-order valence-electron chi connectivity index (χ3n) is 1.34. The molecule has 1 aromatic carbocycles. The van der Waals surface area contributed by atoms with Crippen molar-refractivity contribution in [1.82, 2.24) is 0 Å². The molecule has 0 amide bonds. The Balaban J connectivity index is 2.69. The van der Waals surface area contributed by atoms with Crippen LogP contribution in [0.3, 0.4) is 0 Å². The Morgan fingerprint density at radius 3 is 2.40 bits per heavy atom. The van der Waals surface area contributed by atoms with E-state index in [9.17, 15) is 0 Å². The smallest absolute Gasteiger partial charge is 0.0991 e. The van der Waals surface area contributed by atoms with Crippen LogP contribution >= 0.6 is 16.3 Å². The van der Waals surface area contributed by atoms with Gasteiger partial charge in [0.1, 0.15) is 0 Å². The molecule has 0 spiro atoms. The van der Waals surface area contributed by atoms with Gasteiger partial charge in [0.2, 0.25) is 0 Å². The zero-order valence-electron chi connectivity index (χ0n) is 5.80. The van der Waals surface area contributed by atoms with Crippen molar-refractivity contribution in [3.05, 3.63) is 35.4 Å². The van der Waals surface area contributed by atoms with Gasteiger partial charge in [-0.1, -0.05) is 29.8 Å². The fourth-order valence-electron chi connectivity index (χ4n) is 0.747. The van der Waals surface area contributed by atoms with Gasteiger partial charge in [0.25, 0.3) is 0 Å². The summed E-state index contributed by atoms with van der Waals surface area (Å²) in [5.41, 5.74) is 2.46. The molecular weight excluding hydrogens is 192 g/mol. The van der Waals surface area contributed by atoms with Gasteiger partial charge in [-0.25, -0.2) is 0 Å². The molecule has 0 saturated heterocycles. The van der Waals surface area contributed by atoms with Crippen LogP contribution in [0.15, 0.2) is 24.3 Å². The highest BCUT2D eigenvalue weighted by Crippen LogP contribution is 2.05. The fraction of sp³-hybridized carbons (Fsp3) is 0.250. The van der Waals surface area contributed by atoms with E-state index in [-0.39, 0.29) is 0 Å². The van der Waals surface area contributed by atoms with Crippen LogP contribution in [-0.2, 0) is 10.4 Å². The Morgan fingerprint density at radius 1 is 1.30 bits per heavy atom. The summed E-state index contributed by atoms with van der Waals surface area (Å²) in [4.78, 5) is 0. The molecule has 1 nitrogen and oxygen atoms in total. The van der Waals surface area contributed by atoms with Crippen LogP contribution in [0.4, 0.5) is 0 Å². The normalized spacial score (nSPS) is 9.80. The second-order valence-electron chi connectivity index (χ2n) is 2.24. The van der Waals surface area contributed by atoms with Crippen molar-refractivity contribution in [2.24, 2.45) is 0 Å². The summed E-state index contributed by atoms with van der Waals surface area (Å²) in [5.74, 6) is 0. The molecule has 0 heterocycles. The highest BCUT2D eigenvalue weighted by Gasteiger charge is 1.89. The van der Waals surface area contributed by atoms with E-state index in [2.05, 4.69) is 47.4 Å². The van der Waals surface area contributed by atoms with E-state index in [1.165, 1.54) is 11.1 Å². The number of hydrogen-bond donors (Lipinski definition) is 0. The van der Waals surface area contributed by atoms with Crippen molar-refractivity contribution in [3.8, 4) is 0 Å². The molecule has 0 aliphatic carbocycles. The van der Waals surface area contributed by atoms with Crippen molar-refractivity contribution in [2.75, 3.05) is 0 Å². The first-order chi connectivity index (χ1) is 4.83. The SMILES string of the molecule is Cc1ccc(COBr)cc1. The molecule has 0 N–H and O–H groups in total. The summed E-state index contributed by atoms with van der Waals surface area (Å²) >= 11 is 2.90. The van der Waals surface area contributed by atoms with Gasteiger partial charge < -0.3 is 3.83 Å². The van der Waals surface area contributed by atoms with E-state index in [0.29, 0.717) is 6.61 Å². The number of benzene rings is 1. The first kappa shape index (κ1) is 7.76. The first-order valence-electron chi connectivity index (χ1n) is 3.12. The summed E-state index contributed by atoms with van der Waals surface area (Å²) in [6.45, 7) is 2.69. The van der Waals surface area contributed by atoms with Crippen LogP contribution in [0.5, 0.6) is 0 Å².